The second-order valence-electron chi connectivity index (χ2n) is 24.0. The lowest BCUT2D eigenvalue weighted by molar-refractivity contribution is -0.150. The Labute approximate surface area is 426 Å². The van der Waals surface area contributed by atoms with Gasteiger partial charge in [-0.05, 0) is 120 Å². The van der Waals surface area contributed by atoms with Crippen LogP contribution in [-0.4, -0.2) is 84.6 Å². The van der Waals surface area contributed by atoms with E-state index in [-0.39, 0.29) is 40.3 Å². The Bertz CT molecular complexity index is 1170. The van der Waals surface area contributed by atoms with Crippen LogP contribution in [0, 0.1) is 0 Å². The Morgan fingerprint density at radius 2 is 0.824 bits per heavy atom. The lowest BCUT2D eigenvalue weighted by Gasteiger charge is -2.42. The molecule has 0 aliphatic rings. The van der Waals surface area contributed by atoms with Gasteiger partial charge in [0, 0.05) is 25.9 Å². The molecule has 0 heterocycles. The third-order valence-corrected chi connectivity index (χ3v) is 24.3. The number of rotatable bonds is 47. The normalized spacial score (nSPS) is 13.7. The monoisotopic (exact) mass is 997 g/mol. The number of carbonyl (C=O) groups is 2. The minimum Gasteiger partial charge on any atom is -0.466 e. The van der Waals surface area contributed by atoms with Gasteiger partial charge in [-0.2, -0.15) is 0 Å². The molecule has 10 heteroatoms. The second kappa shape index (κ2) is 40.7. The molecule has 2 N–H and O–H groups in total. The van der Waals surface area contributed by atoms with E-state index in [1.165, 1.54) is 109 Å². The minimum absolute atomic E-state index is 0.00745. The first-order chi connectivity index (χ1) is 32.2. The first kappa shape index (κ1) is 67.2. The predicted molar refractivity (Wildman–Crippen MR) is 300 cm³/mol. The van der Waals surface area contributed by atoms with E-state index in [0.29, 0.717) is 26.0 Å². The molecule has 0 rings (SSSR count). The van der Waals surface area contributed by atoms with Crippen LogP contribution in [0.15, 0.2) is 0 Å². The maximum atomic E-state index is 13.3. The fourth-order valence-electron chi connectivity index (χ4n) is 8.65. The van der Waals surface area contributed by atoms with E-state index in [2.05, 4.69) is 93.4 Å². The zero-order valence-electron chi connectivity index (χ0n) is 48.1. The van der Waals surface area contributed by atoms with Gasteiger partial charge in [0.2, 0.25) is 0 Å². The molecule has 0 aromatic heterocycles. The molecule has 0 aliphatic heterocycles. The fraction of sp³-hybridized carbons (Fsp3) is 0.966. The maximum absolute atomic E-state index is 13.3. The topological polar surface area (TPSA) is 100 Å². The van der Waals surface area contributed by atoms with Crippen molar-refractivity contribution in [1.82, 2.24) is 4.90 Å². The van der Waals surface area contributed by atoms with Gasteiger partial charge in [-0.25, -0.2) is 0 Å². The van der Waals surface area contributed by atoms with Crippen LogP contribution in [0.3, 0.4) is 0 Å². The first-order valence-electron chi connectivity index (χ1n) is 29.4. The highest BCUT2D eigenvalue weighted by molar-refractivity contribution is 6.74. The van der Waals surface area contributed by atoms with Crippen molar-refractivity contribution in [3.05, 3.63) is 0 Å². The molecule has 2 atom stereocenters. The number of nitrogens with two attached hydrogens (primary N) is 1. The molecule has 0 saturated heterocycles. The highest BCUT2D eigenvalue weighted by Gasteiger charge is 2.41. The summed E-state index contributed by atoms with van der Waals surface area (Å²) in [6.07, 6.45) is 37.1. The van der Waals surface area contributed by atoms with Crippen LogP contribution in [0.25, 0.3) is 0 Å². The average molecular weight is 998 g/mol. The molecule has 0 amide bonds. The van der Waals surface area contributed by atoms with Crippen molar-refractivity contribution in [2.24, 2.45) is 5.73 Å². The van der Waals surface area contributed by atoms with Gasteiger partial charge >= 0.3 is 11.9 Å². The predicted octanol–water partition coefficient (Wildman–Crippen LogP) is 17.4. The van der Waals surface area contributed by atoms with E-state index < -0.39 is 16.6 Å². The molecular weight excluding hydrogens is 877 g/mol. The first-order valence-corrected chi connectivity index (χ1v) is 35.2. The number of nitrogens with zero attached hydrogens (tertiary/aromatic N) is 1. The largest absolute Gasteiger partial charge is 0.466 e. The van der Waals surface area contributed by atoms with Gasteiger partial charge in [0.25, 0.3) is 0 Å². The van der Waals surface area contributed by atoms with Crippen LogP contribution in [0.4, 0.5) is 0 Å². The molecular formula is C58H120N2O6Si2. The van der Waals surface area contributed by atoms with E-state index in [4.69, 9.17) is 24.1 Å². The van der Waals surface area contributed by atoms with Crippen LogP contribution in [0.1, 0.15) is 274 Å². The van der Waals surface area contributed by atoms with E-state index >= 15 is 0 Å². The number of esters is 2. The van der Waals surface area contributed by atoms with Crippen molar-refractivity contribution in [1.29, 1.82) is 0 Å². The zero-order valence-corrected chi connectivity index (χ0v) is 50.1. The summed E-state index contributed by atoms with van der Waals surface area (Å²) < 4.78 is 26.4. The van der Waals surface area contributed by atoms with Crippen molar-refractivity contribution >= 4 is 28.6 Å². The smallest absolute Gasteiger partial charge is 0.306 e. The molecule has 8 nitrogen and oxygen atoms in total. The van der Waals surface area contributed by atoms with Gasteiger partial charge < -0.3 is 24.1 Å². The highest BCUT2D eigenvalue weighted by Crippen LogP contribution is 2.39. The molecule has 0 radical (unpaired) electrons. The summed E-state index contributed by atoms with van der Waals surface area (Å²) in [5, 5.41) is 0.171. The molecule has 406 valence electrons. The summed E-state index contributed by atoms with van der Waals surface area (Å²) >= 11 is 0. The Morgan fingerprint density at radius 1 is 0.456 bits per heavy atom. The van der Waals surface area contributed by atoms with Gasteiger partial charge in [-0.15, -0.1) is 0 Å². The van der Waals surface area contributed by atoms with Crippen molar-refractivity contribution in [3.63, 3.8) is 0 Å². The van der Waals surface area contributed by atoms with E-state index in [1.54, 1.807) is 0 Å². The SMILES string of the molecule is CCCCCCCCCCCOC(=O)CCCC(CN(CCCCN)CC(CCCCCC(=O)OC(CCCCCCCC)CCCCCCCC)O[Si](C)(C)C(C)(C)C)O[Si](C)(C)C(C)(C)C. The van der Waals surface area contributed by atoms with E-state index in [0.717, 1.165) is 110 Å². The van der Waals surface area contributed by atoms with Crippen molar-refractivity contribution in [2.75, 3.05) is 32.8 Å². The summed E-state index contributed by atoms with van der Waals surface area (Å²) in [6.45, 7) is 34.0. The van der Waals surface area contributed by atoms with Gasteiger partial charge in [-0.1, -0.05) is 191 Å². The Hall–Kier alpha value is -0.786. The molecule has 0 aromatic carbocycles. The quantitative estimate of drug-likeness (QED) is 0.0366. The summed E-state index contributed by atoms with van der Waals surface area (Å²) in [4.78, 5) is 28.8. The number of ether oxygens (including phenoxy) is 2. The molecule has 68 heavy (non-hydrogen) atoms. The lowest BCUT2D eigenvalue weighted by atomic mass is 10.0. The van der Waals surface area contributed by atoms with Crippen molar-refractivity contribution in [2.45, 2.75) is 329 Å². The maximum Gasteiger partial charge on any atom is 0.306 e. The average Bonchev–Trinajstić information content (AvgIpc) is 3.25. The summed E-state index contributed by atoms with van der Waals surface area (Å²) in [7, 11) is -4.18. The van der Waals surface area contributed by atoms with Crippen LogP contribution in [0.2, 0.25) is 36.3 Å². The van der Waals surface area contributed by atoms with E-state index in [9.17, 15) is 9.59 Å². The minimum atomic E-state index is -2.10. The summed E-state index contributed by atoms with van der Waals surface area (Å²) in [6, 6.07) is 0. The number of unbranched alkanes of at least 4 members (excludes halogenated alkanes) is 21. The van der Waals surface area contributed by atoms with Gasteiger partial charge in [0.1, 0.15) is 6.10 Å². The Balaban J connectivity index is 5.73. The van der Waals surface area contributed by atoms with Gasteiger partial charge in [0.05, 0.1) is 18.8 Å². The molecule has 0 aliphatic carbocycles. The van der Waals surface area contributed by atoms with Crippen molar-refractivity contribution in [3.8, 4) is 0 Å². The third-order valence-electron chi connectivity index (χ3n) is 15.3. The van der Waals surface area contributed by atoms with E-state index in [1.807, 2.05) is 0 Å². The number of hydrogen-bond acceptors (Lipinski definition) is 8. The third kappa shape index (κ3) is 36.2. The summed E-state index contributed by atoms with van der Waals surface area (Å²) in [5.41, 5.74) is 6.05. The van der Waals surface area contributed by atoms with Gasteiger partial charge in [-0.3, -0.25) is 14.5 Å². The molecule has 2 unspecified atom stereocenters. The lowest BCUT2D eigenvalue weighted by Crippen LogP contribution is -2.50. The Morgan fingerprint density at radius 3 is 1.25 bits per heavy atom. The molecule has 0 saturated carbocycles. The number of hydrogen-bond donors (Lipinski definition) is 1. The zero-order chi connectivity index (χ0) is 51.2. The summed E-state index contributed by atoms with van der Waals surface area (Å²) in [5.74, 6) is -0.0837. The molecule has 0 bridgehead atoms. The number of carbonyl (C=O) groups excluding carboxylic acids is 2. The highest BCUT2D eigenvalue weighted by atomic mass is 28.4. The molecule has 0 spiro atoms. The molecule has 0 aromatic rings. The second-order valence-corrected chi connectivity index (χ2v) is 33.5. The Kier molecular flexibility index (Phi) is 40.2. The fourth-order valence-corrected chi connectivity index (χ4v) is 11.4. The van der Waals surface area contributed by atoms with Gasteiger partial charge in [0.15, 0.2) is 16.6 Å². The van der Waals surface area contributed by atoms with Crippen LogP contribution in [0.5, 0.6) is 0 Å². The van der Waals surface area contributed by atoms with Crippen LogP contribution < -0.4 is 5.73 Å². The van der Waals surface area contributed by atoms with Crippen LogP contribution >= 0.6 is 0 Å². The van der Waals surface area contributed by atoms with Crippen molar-refractivity contribution < 1.29 is 27.9 Å². The van der Waals surface area contributed by atoms with Crippen LogP contribution in [-0.2, 0) is 27.9 Å². The molecule has 0 fully saturated rings. The standard InChI is InChI=1S/C58H120N2O6Si2/c1-14-17-20-23-26-27-28-31-39-49-63-55(61)46-40-44-54(66-68(12,13)58(7,8)9)51-60(48-38-37-47-59)50-53(65-67(10,11)57(4,5)6)43-35-32-36-45-56(62)64-52(41-33-29-24-21-18-15-2)42-34-30-25-22-19-16-3/h52-54H,14-51,59H2,1-13H3.